The van der Waals surface area contributed by atoms with Crippen LogP contribution in [-0.2, 0) is 4.79 Å². The van der Waals surface area contributed by atoms with Crippen molar-refractivity contribution in [2.75, 3.05) is 5.75 Å². The zero-order valence-electron chi connectivity index (χ0n) is 10.6. The molecule has 0 heterocycles. The zero-order chi connectivity index (χ0) is 12.5. The minimum absolute atomic E-state index is 0.161. The molecule has 3 heteroatoms. The Hall–Kier alpha value is -0.960. The Balaban J connectivity index is 2.16. The first-order valence-corrected chi connectivity index (χ1v) is 7.18. The minimum atomic E-state index is 0.161. The Morgan fingerprint density at radius 3 is 2.71 bits per heavy atom. The molecule has 0 spiro atoms. The summed E-state index contributed by atoms with van der Waals surface area (Å²) in [5.41, 5.74) is 0. The van der Waals surface area contributed by atoms with E-state index in [1.807, 2.05) is 18.2 Å². The lowest BCUT2D eigenvalue weighted by Gasteiger charge is -2.12. The number of hydrogen-bond acceptors (Lipinski definition) is 2. The molecule has 0 saturated heterocycles. The molecule has 0 aliphatic heterocycles. The first-order valence-electron chi connectivity index (χ1n) is 6.19. The molecule has 0 aliphatic rings. The molecular weight excluding hydrogens is 230 g/mol. The molecule has 0 saturated carbocycles. The van der Waals surface area contributed by atoms with E-state index in [0.29, 0.717) is 12.5 Å². The fourth-order valence-corrected chi connectivity index (χ4v) is 2.50. The van der Waals surface area contributed by atoms with Gasteiger partial charge in [0.15, 0.2) is 0 Å². The number of carbonyl (C=O) groups excluding carboxylic acids is 1. The molecule has 1 rings (SSSR count). The maximum Gasteiger partial charge on any atom is 0.221 e. The van der Waals surface area contributed by atoms with E-state index in [-0.39, 0.29) is 5.91 Å². The van der Waals surface area contributed by atoms with Gasteiger partial charge in [0.1, 0.15) is 0 Å². The lowest BCUT2D eigenvalue weighted by molar-refractivity contribution is -0.121. The van der Waals surface area contributed by atoms with Crippen LogP contribution >= 0.6 is 11.8 Å². The SMILES string of the molecule is CCC[C@@H](C)NC(=O)CCSc1ccccc1. The average molecular weight is 251 g/mol. The fraction of sp³-hybridized carbons (Fsp3) is 0.500. The number of thioether (sulfide) groups is 1. The van der Waals surface area contributed by atoms with Crippen LogP contribution in [0.15, 0.2) is 35.2 Å². The lowest BCUT2D eigenvalue weighted by Crippen LogP contribution is -2.32. The summed E-state index contributed by atoms with van der Waals surface area (Å²) in [5.74, 6) is 1.00. The van der Waals surface area contributed by atoms with E-state index in [1.54, 1.807) is 11.8 Å². The molecule has 1 amide bonds. The highest BCUT2D eigenvalue weighted by molar-refractivity contribution is 7.99. The molecule has 0 aromatic heterocycles. The fourth-order valence-electron chi connectivity index (χ4n) is 1.63. The molecule has 0 unspecified atom stereocenters. The number of amides is 1. The average Bonchev–Trinajstić information content (AvgIpc) is 2.30. The molecule has 0 radical (unpaired) electrons. The third-order valence-electron chi connectivity index (χ3n) is 2.47. The molecule has 1 aromatic rings. The van der Waals surface area contributed by atoms with Crippen molar-refractivity contribution < 1.29 is 4.79 Å². The van der Waals surface area contributed by atoms with Gasteiger partial charge >= 0.3 is 0 Å². The van der Waals surface area contributed by atoms with E-state index in [4.69, 9.17) is 0 Å². The van der Waals surface area contributed by atoms with E-state index in [0.717, 1.165) is 18.6 Å². The zero-order valence-corrected chi connectivity index (χ0v) is 11.4. The predicted molar refractivity (Wildman–Crippen MR) is 74.3 cm³/mol. The quantitative estimate of drug-likeness (QED) is 0.752. The van der Waals surface area contributed by atoms with Crippen molar-refractivity contribution in [3.8, 4) is 0 Å². The van der Waals surface area contributed by atoms with Gasteiger partial charge in [0, 0.05) is 23.1 Å². The van der Waals surface area contributed by atoms with Gasteiger partial charge in [0.2, 0.25) is 5.91 Å². The second-order valence-electron chi connectivity index (χ2n) is 4.17. The number of rotatable bonds is 7. The van der Waals surface area contributed by atoms with Crippen molar-refractivity contribution in [2.45, 2.75) is 44.0 Å². The standard InChI is InChI=1S/C14H21NOS/c1-3-7-12(2)15-14(16)10-11-17-13-8-5-4-6-9-13/h4-6,8-9,12H,3,7,10-11H2,1-2H3,(H,15,16)/t12-/m1/s1. The van der Waals surface area contributed by atoms with Crippen LogP contribution in [-0.4, -0.2) is 17.7 Å². The van der Waals surface area contributed by atoms with Crippen LogP contribution in [0.25, 0.3) is 0 Å². The van der Waals surface area contributed by atoms with Gasteiger partial charge in [-0.2, -0.15) is 0 Å². The maximum atomic E-state index is 11.6. The summed E-state index contributed by atoms with van der Waals surface area (Å²) in [7, 11) is 0. The molecular formula is C14H21NOS. The monoisotopic (exact) mass is 251 g/mol. The van der Waals surface area contributed by atoms with Crippen LogP contribution < -0.4 is 5.32 Å². The molecule has 1 N–H and O–H groups in total. The first-order chi connectivity index (χ1) is 8.22. The van der Waals surface area contributed by atoms with Crippen molar-refractivity contribution in [3.05, 3.63) is 30.3 Å². The summed E-state index contributed by atoms with van der Waals surface area (Å²) in [6, 6.07) is 10.5. The van der Waals surface area contributed by atoms with Gasteiger partial charge in [-0.1, -0.05) is 31.5 Å². The molecule has 0 fully saturated rings. The molecule has 1 aromatic carbocycles. The molecule has 94 valence electrons. The van der Waals surface area contributed by atoms with Crippen LogP contribution in [0.5, 0.6) is 0 Å². The van der Waals surface area contributed by atoms with E-state index in [9.17, 15) is 4.79 Å². The Kier molecular flexibility index (Phi) is 6.78. The number of nitrogens with one attached hydrogen (secondary N) is 1. The van der Waals surface area contributed by atoms with Crippen molar-refractivity contribution in [2.24, 2.45) is 0 Å². The smallest absolute Gasteiger partial charge is 0.221 e. The first kappa shape index (κ1) is 14.1. The summed E-state index contributed by atoms with van der Waals surface area (Å²) in [5, 5.41) is 3.01. The molecule has 2 nitrogen and oxygen atoms in total. The number of hydrogen-bond donors (Lipinski definition) is 1. The normalized spacial score (nSPS) is 12.1. The van der Waals surface area contributed by atoms with Gasteiger partial charge in [0.05, 0.1) is 0 Å². The Labute approximate surface area is 108 Å². The Morgan fingerprint density at radius 1 is 1.35 bits per heavy atom. The van der Waals surface area contributed by atoms with E-state index in [2.05, 4.69) is 31.3 Å². The van der Waals surface area contributed by atoms with Crippen molar-refractivity contribution in [1.82, 2.24) is 5.32 Å². The van der Waals surface area contributed by atoms with Crippen molar-refractivity contribution in [3.63, 3.8) is 0 Å². The summed E-state index contributed by atoms with van der Waals surface area (Å²) < 4.78 is 0. The van der Waals surface area contributed by atoms with Gasteiger partial charge in [0.25, 0.3) is 0 Å². The second kappa shape index (κ2) is 8.18. The lowest BCUT2D eigenvalue weighted by atomic mass is 10.2. The number of benzene rings is 1. The highest BCUT2D eigenvalue weighted by Crippen LogP contribution is 2.17. The van der Waals surface area contributed by atoms with Crippen molar-refractivity contribution >= 4 is 17.7 Å². The van der Waals surface area contributed by atoms with Crippen LogP contribution in [0.3, 0.4) is 0 Å². The molecule has 1 atom stereocenters. The highest BCUT2D eigenvalue weighted by atomic mass is 32.2. The number of carbonyl (C=O) groups is 1. The largest absolute Gasteiger partial charge is 0.354 e. The maximum absolute atomic E-state index is 11.6. The van der Waals surface area contributed by atoms with Gasteiger partial charge < -0.3 is 5.32 Å². The third-order valence-corrected chi connectivity index (χ3v) is 3.48. The van der Waals surface area contributed by atoms with Gasteiger partial charge in [-0.25, -0.2) is 0 Å². The van der Waals surface area contributed by atoms with Gasteiger partial charge in [-0.3, -0.25) is 4.79 Å². The summed E-state index contributed by atoms with van der Waals surface area (Å²) in [4.78, 5) is 12.8. The molecule has 17 heavy (non-hydrogen) atoms. The van der Waals surface area contributed by atoms with Crippen LogP contribution in [0.4, 0.5) is 0 Å². The van der Waals surface area contributed by atoms with Gasteiger partial charge in [-0.15, -0.1) is 11.8 Å². The molecule has 0 bridgehead atoms. The van der Waals surface area contributed by atoms with E-state index >= 15 is 0 Å². The third kappa shape index (κ3) is 6.37. The van der Waals surface area contributed by atoms with Crippen molar-refractivity contribution in [1.29, 1.82) is 0 Å². The predicted octanol–water partition coefficient (Wildman–Crippen LogP) is 3.47. The van der Waals surface area contributed by atoms with Gasteiger partial charge in [-0.05, 0) is 25.5 Å². The summed E-state index contributed by atoms with van der Waals surface area (Å²) in [6.45, 7) is 4.19. The topological polar surface area (TPSA) is 29.1 Å². The Bertz CT molecular complexity index is 326. The minimum Gasteiger partial charge on any atom is -0.354 e. The second-order valence-corrected chi connectivity index (χ2v) is 5.34. The van der Waals surface area contributed by atoms with E-state index in [1.165, 1.54) is 4.90 Å². The highest BCUT2D eigenvalue weighted by Gasteiger charge is 2.06. The van der Waals surface area contributed by atoms with Crippen LogP contribution in [0, 0.1) is 0 Å². The summed E-state index contributed by atoms with van der Waals surface area (Å²) >= 11 is 1.73. The Morgan fingerprint density at radius 2 is 2.06 bits per heavy atom. The van der Waals surface area contributed by atoms with Crippen LogP contribution in [0.1, 0.15) is 33.1 Å². The molecule has 0 aliphatic carbocycles. The summed E-state index contributed by atoms with van der Waals surface area (Å²) in [6.07, 6.45) is 2.76. The van der Waals surface area contributed by atoms with Crippen LogP contribution in [0.2, 0.25) is 0 Å². The van der Waals surface area contributed by atoms with E-state index < -0.39 is 0 Å².